The highest BCUT2D eigenvalue weighted by Crippen LogP contribution is 2.34. The van der Waals surface area contributed by atoms with Gasteiger partial charge in [-0.3, -0.25) is 9.36 Å². The van der Waals surface area contributed by atoms with Gasteiger partial charge in [-0.25, -0.2) is 9.97 Å². The van der Waals surface area contributed by atoms with E-state index in [-0.39, 0.29) is 24.8 Å². The molecule has 1 unspecified atom stereocenters. The normalized spacial score (nSPS) is 17.7. The van der Waals surface area contributed by atoms with Crippen LogP contribution in [0.2, 0.25) is 0 Å². The minimum atomic E-state index is -0.121. The number of hydrogen-bond donors (Lipinski definition) is 1. The summed E-state index contributed by atoms with van der Waals surface area (Å²) in [6.07, 6.45) is 4.98. The van der Waals surface area contributed by atoms with Gasteiger partial charge in [0.1, 0.15) is 12.1 Å². The summed E-state index contributed by atoms with van der Waals surface area (Å²) in [7, 11) is 0. The molecular weight excluding hydrogens is 308 g/mol. The Labute approximate surface area is 138 Å². The quantitative estimate of drug-likeness (QED) is 0.786. The van der Waals surface area contributed by atoms with Gasteiger partial charge in [-0.05, 0) is 25.0 Å². The number of oxazole rings is 1. The van der Waals surface area contributed by atoms with Crippen LogP contribution in [0.25, 0.3) is 10.9 Å². The first-order chi connectivity index (χ1) is 11.8. The van der Waals surface area contributed by atoms with Crippen molar-refractivity contribution in [1.29, 1.82) is 0 Å². The van der Waals surface area contributed by atoms with E-state index in [1.807, 2.05) is 23.1 Å². The van der Waals surface area contributed by atoms with Gasteiger partial charge in [-0.2, -0.15) is 0 Å². The summed E-state index contributed by atoms with van der Waals surface area (Å²) in [5.74, 6) is 0.656. The van der Waals surface area contributed by atoms with Crippen LogP contribution in [0.3, 0.4) is 0 Å². The Hall–Kier alpha value is -2.67. The molecule has 24 heavy (non-hydrogen) atoms. The van der Waals surface area contributed by atoms with Gasteiger partial charge >= 0.3 is 0 Å². The van der Waals surface area contributed by atoms with E-state index in [1.165, 1.54) is 0 Å². The lowest BCUT2D eigenvalue weighted by molar-refractivity contribution is 0.270. The van der Waals surface area contributed by atoms with Crippen molar-refractivity contribution in [3.8, 4) is 0 Å². The Bertz CT molecular complexity index is 904. The van der Waals surface area contributed by atoms with E-state index >= 15 is 0 Å². The molecule has 0 bridgehead atoms. The zero-order valence-electron chi connectivity index (χ0n) is 13.1. The average molecular weight is 326 g/mol. The number of benzene rings is 1. The highest BCUT2D eigenvalue weighted by atomic mass is 16.4. The van der Waals surface area contributed by atoms with Crippen molar-refractivity contribution in [1.82, 2.24) is 14.5 Å². The predicted molar refractivity (Wildman–Crippen MR) is 88.9 cm³/mol. The summed E-state index contributed by atoms with van der Waals surface area (Å²) in [5, 5.41) is 9.97. The van der Waals surface area contributed by atoms with Crippen LogP contribution < -0.4 is 10.5 Å². The summed E-state index contributed by atoms with van der Waals surface area (Å²) in [4.78, 5) is 23.8. The highest BCUT2D eigenvalue weighted by molar-refractivity contribution is 5.77. The van der Waals surface area contributed by atoms with Gasteiger partial charge in [0.15, 0.2) is 0 Å². The SMILES string of the molecule is O=c1c2ccccc2nc(C2CCCN2c2ncco2)n1CCO. The smallest absolute Gasteiger partial charge is 0.297 e. The van der Waals surface area contributed by atoms with Crippen LogP contribution in [0.1, 0.15) is 24.7 Å². The van der Waals surface area contributed by atoms with Crippen LogP contribution in [0.5, 0.6) is 0 Å². The van der Waals surface area contributed by atoms with Crippen LogP contribution in [-0.2, 0) is 6.54 Å². The second kappa shape index (κ2) is 6.09. The molecule has 0 spiro atoms. The molecule has 1 aliphatic heterocycles. The molecule has 0 amide bonds. The lowest BCUT2D eigenvalue weighted by Gasteiger charge is -2.25. The Morgan fingerprint density at radius 1 is 1.33 bits per heavy atom. The van der Waals surface area contributed by atoms with Crippen molar-refractivity contribution in [2.24, 2.45) is 0 Å². The summed E-state index contributed by atoms with van der Waals surface area (Å²) in [6, 6.07) is 7.75. The Morgan fingerprint density at radius 2 is 2.21 bits per heavy atom. The standard InChI is InChI=1S/C17H18N4O3/c22-10-9-21-15(19-13-5-2-1-4-12(13)16(21)23)14-6-3-8-20(14)17-18-7-11-24-17/h1-2,4-5,7,11,14,22H,3,6,8-10H2. The van der Waals surface area contributed by atoms with Gasteiger partial charge in [-0.15, -0.1) is 0 Å². The molecular formula is C17H18N4O3. The van der Waals surface area contributed by atoms with E-state index in [2.05, 4.69) is 4.98 Å². The number of anilines is 1. The Kier molecular flexibility index (Phi) is 3.78. The second-order valence-corrected chi connectivity index (χ2v) is 5.83. The van der Waals surface area contributed by atoms with Crippen molar-refractivity contribution in [2.75, 3.05) is 18.1 Å². The maximum absolute atomic E-state index is 12.8. The number of rotatable bonds is 4. The van der Waals surface area contributed by atoms with Gasteiger partial charge < -0.3 is 14.4 Å². The summed E-state index contributed by atoms with van der Waals surface area (Å²) >= 11 is 0. The maximum atomic E-state index is 12.8. The van der Waals surface area contributed by atoms with Gasteiger partial charge in [0.25, 0.3) is 11.6 Å². The van der Waals surface area contributed by atoms with Crippen molar-refractivity contribution >= 4 is 16.9 Å². The van der Waals surface area contributed by atoms with Gasteiger partial charge in [0.05, 0.1) is 36.3 Å². The number of aliphatic hydroxyl groups excluding tert-OH is 1. The average Bonchev–Trinajstić information content (AvgIpc) is 3.28. The molecule has 3 aromatic rings. The monoisotopic (exact) mass is 326 g/mol. The fourth-order valence-electron chi connectivity index (χ4n) is 3.38. The zero-order chi connectivity index (χ0) is 16.5. The molecule has 1 fully saturated rings. The summed E-state index contributed by atoms with van der Waals surface area (Å²) in [6.45, 7) is 0.910. The molecule has 2 aromatic heterocycles. The zero-order valence-corrected chi connectivity index (χ0v) is 13.1. The first-order valence-electron chi connectivity index (χ1n) is 8.06. The van der Waals surface area contributed by atoms with E-state index in [1.54, 1.807) is 23.1 Å². The first kappa shape index (κ1) is 14.9. The van der Waals surface area contributed by atoms with Crippen molar-refractivity contribution < 1.29 is 9.52 Å². The molecule has 7 nitrogen and oxygen atoms in total. The van der Waals surface area contributed by atoms with E-state index < -0.39 is 0 Å². The molecule has 1 atom stereocenters. The topological polar surface area (TPSA) is 84.4 Å². The van der Waals surface area contributed by atoms with Gasteiger partial charge in [-0.1, -0.05) is 12.1 Å². The second-order valence-electron chi connectivity index (χ2n) is 5.83. The minimum Gasteiger partial charge on any atom is -0.432 e. The number of fused-ring (bicyclic) bond motifs is 1. The molecule has 0 radical (unpaired) electrons. The third-order valence-corrected chi connectivity index (χ3v) is 4.43. The third kappa shape index (κ3) is 2.37. The number of para-hydroxylation sites is 1. The molecule has 1 aromatic carbocycles. The van der Waals surface area contributed by atoms with Crippen LogP contribution >= 0.6 is 0 Å². The molecule has 1 N–H and O–H groups in total. The maximum Gasteiger partial charge on any atom is 0.297 e. The van der Waals surface area contributed by atoms with E-state index in [0.29, 0.717) is 22.7 Å². The molecule has 0 saturated carbocycles. The fraction of sp³-hybridized carbons (Fsp3) is 0.353. The first-order valence-corrected chi connectivity index (χ1v) is 8.06. The van der Waals surface area contributed by atoms with Gasteiger partial charge in [0.2, 0.25) is 0 Å². The van der Waals surface area contributed by atoms with E-state index in [9.17, 15) is 9.90 Å². The molecule has 4 rings (SSSR count). The summed E-state index contributed by atoms with van der Waals surface area (Å²) < 4.78 is 7.01. The number of hydrogen-bond acceptors (Lipinski definition) is 6. The number of aromatic nitrogens is 3. The van der Waals surface area contributed by atoms with Crippen LogP contribution in [-0.4, -0.2) is 32.8 Å². The molecule has 7 heteroatoms. The Morgan fingerprint density at radius 3 is 3.00 bits per heavy atom. The largest absolute Gasteiger partial charge is 0.432 e. The molecule has 1 aliphatic rings. The number of aliphatic hydroxyl groups is 1. The van der Waals surface area contributed by atoms with Crippen LogP contribution in [0.15, 0.2) is 45.9 Å². The third-order valence-electron chi connectivity index (χ3n) is 4.43. The predicted octanol–water partition coefficient (Wildman–Crippen LogP) is 1.72. The summed E-state index contributed by atoms with van der Waals surface area (Å²) in [5.41, 5.74) is 0.551. The highest BCUT2D eigenvalue weighted by Gasteiger charge is 2.32. The molecule has 3 heterocycles. The van der Waals surface area contributed by atoms with Gasteiger partial charge in [0, 0.05) is 6.54 Å². The van der Waals surface area contributed by atoms with Crippen LogP contribution in [0.4, 0.5) is 6.01 Å². The molecule has 1 saturated heterocycles. The molecule has 0 aliphatic carbocycles. The lowest BCUT2D eigenvalue weighted by Crippen LogP contribution is -2.33. The number of nitrogens with zero attached hydrogens (tertiary/aromatic N) is 4. The van der Waals surface area contributed by atoms with Crippen molar-refractivity contribution in [2.45, 2.75) is 25.4 Å². The van der Waals surface area contributed by atoms with E-state index in [0.717, 1.165) is 19.4 Å². The Balaban J connectivity index is 1.88. The fourth-order valence-corrected chi connectivity index (χ4v) is 3.38. The van der Waals surface area contributed by atoms with Crippen molar-refractivity contribution in [3.05, 3.63) is 52.9 Å². The van der Waals surface area contributed by atoms with Crippen molar-refractivity contribution in [3.63, 3.8) is 0 Å². The van der Waals surface area contributed by atoms with Crippen LogP contribution in [0, 0.1) is 0 Å². The lowest BCUT2D eigenvalue weighted by atomic mass is 10.1. The van der Waals surface area contributed by atoms with E-state index in [4.69, 9.17) is 9.40 Å². The molecule has 124 valence electrons. The minimum absolute atomic E-state index is 0.0903.